The monoisotopic (exact) mass is 182 g/mol. The molecule has 0 aromatic carbocycles. The summed E-state index contributed by atoms with van der Waals surface area (Å²) in [6, 6.07) is 0. The number of nitrogens with zero attached hydrogens (tertiary/aromatic N) is 2. The number of hydrogen-bond acceptors (Lipinski definition) is 2. The van der Waals surface area contributed by atoms with E-state index in [1.165, 1.54) is 0 Å². The minimum Gasteiger partial charge on any atom is -0.481 e. The van der Waals surface area contributed by atoms with Crippen molar-refractivity contribution < 1.29 is 9.90 Å². The summed E-state index contributed by atoms with van der Waals surface area (Å²) in [5.74, 6) is -1.28. The van der Waals surface area contributed by atoms with E-state index >= 15 is 0 Å². The third-order valence-electron chi connectivity index (χ3n) is 2.37. The van der Waals surface area contributed by atoms with E-state index in [-0.39, 0.29) is 0 Å². The average molecular weight is 182 g/mol. The minimum absolute atomic E-state index is 0.478. The lowest BCUT2D eigenvalue weighted by Gasteiger charge is -2.06. The van der Waals surface area contributed by atoms with Crippen molar-refractivity contribution >= 4 is 5.97 Å². The summed E-state index contributed by atoms with van der Waals surface area (Å²) in [6.45, 7) is 5.40. The van der Waals surface area contributed by atoms with Gasteiger partial charge in [0.1, 0.15) is 0 Å². The van der Waals surface area contributed by atoms with Crippen LogP contribution in [-0.2, 0) is 11.8 Å². The molecule has 72 valence electrons. The summed E-state index contributed by atoms with van der Waals surface area (Å²) in [5.41, 5.74) is 2.55. The first-order valence-electron chi connectivity index (χ1n) is 4.18. The summed E-state index contributed by atoms with van der Waals surface area (Å²) in [4.78, 5) is 10.8. The number of hydrogen-bond donors (Lipinski definition) is 1. The van der Waals surface area contributed by atoms with Gasteiger partial charge in [-0.15, -0.1) is 0 Å². The Morgan fingerprint density at radius 2 is 2.08 bits per heavy atom. The quantitative estimate of drug-likeness (QED) is 0.748. The highest BCUT2D eigenvalue weighted by Crippen LogP contribution is 2.22. The number of rotatable bonds is 2. The number of carbonyl (C=O) groups is 1. The van der Waals surface area contributed by atoms with Gasteiger partial charge >= 0.3 is 5.97 Å². The molecule has 0 aliphatic rings. The van der Waals surface area contributed by atoms with Crippen molar-refractivity contribution in [1.82, 2.24) is 9.78 Å². The van der Waals surface area contributed by atoms with Crippen LogP contribution in [0, 0.1) is 13.8 Å². The van der Waals surface area contributed by atoms with Crippen molar-refractivity contribution in [1.29, 1.82) is 0 Å². The zero-order valence-corrected chi connectivity index (χ0v) is 8.33. The van der Waals surface area contributed by atoms with Crippen LogP contribution >= 0.6 is 0 Å². The maximum Gasteiger partial charge on any atom is 0.310 e. The molecule has 13 heavy (non-hydrogen) atoms. The van der Waals surface area contributed by atoms with Crippen LogP contribution in [0.3, 0.4) is 0 Å². The second-order valence-corrected chi connectivity index (χ2v) is 3.27. The van der Waals surface area contributed by atoms with Crippen molar-refractivity contribution in [3.63, 3.8) is 0 Å². The molecule has 0 spiro atoms. The molecule has 0 aliphatic carbocycles. The molecule has 0 fully saturated rings. The molecular weight excluding hydrogens is 168 g/mol. The third-order valence-corrected chi connectivity index (χ3v) is 2.37. The van der Waals surface area contributed by atoms with Gasteiger partial charge in [0.05, 0.1) is 11.6 Å². The first-order chi connectivity index (χ1) is 5.95. The fourth-order valence-corrected chi connectivity index (χ4v) is 1.54. The summed E-state index contributed by atoms with van der Waals surface area (Å²) in [7, 11) is 1.82. The van der Waals surface area contributed by atoms with Gasteiger partial charge in [0.15, 0.2) is 0 Å². The van der Waals surface area contributed by atoms with Gasteiger partial charge in [-0.25, -0.2) is 0 Å². The molecule has 0 amide bonds. The van der Waals surface area contributed by atoms with E-state index in [9.17, 15) is 4.79 Å². The van der Waals surface area contributed by atoms with Gasteiger partial charge in [-0.3, -0.25) is 9.48 Å². The molecule has 0 saturated carbocycles. The lowest BCUT2D eigenvalue weighted by atomic mass is 10.00. The smallest absolute Gasteiger partial charge is 0.310 e. The fraction of sp³-hybridized carbons (Fsp3) is 0.556. The molecule has 4 heteroatoms. The zero-order chi connectivity index (χ0) is 10.2. The van der Waals surface area contributed by atoms with E-state index < -0.39 is 11.9 Å². The predicted molar refractivity (Wildman–Crippen MR) is 48.7 cm³/mol. The van der Waals surface area contributed by atoms with Crippen molar-refractivity contribution in [2.24, 2.45) is 7.05 Å². The van der Waals surface area contributed by atoms with Crippen LogP contribution in [0.1, 0.15) is 29.8 Å². The molecule has 1 N–H and O–H groups in total. The van der Waals surface area contributed by atoms with Crippen molar-refractivity contribution in [2.45, 2.75) is 26.7 Å². The summed E-state index contributed by atoms with van der Waals surface area (Å²) in [6.07, 6.45) is 0. The Morgan fingerprint density at radius 1 is 1.54 bits per heavy atom. The van der Waals surface area contributed by atoms with E-state index in [1.807, 2.05) is 20.9 Å². The number of aliphatic carboxylic acids is 1. The van der Waals surface area contributed by atoms with Crippen LogP contribution in [0.2, 0.25) is 0 Å². The first kappa shape index (κ1) is 9.77. The molecule has 1 aromatic rings. The van der Waals surface area contributed by atoms with Crippen LogP contribution in [-0.4, -0.2) is 20.9 Å². The van der Waals surface area contributed by atoms with Crippen LogP contribution in [0.15, 0.2) is 0 Å². The van der Waals surface area contributed by atoms with Gasteiger partial charge in [0.25, 0.3) is 0 Å². The van der Waals surface area contributed by atoms with Gasteiger partial charge in [0, 0.05) is 18.3 Å². The second-order valence-electron chi connectivity index (χ2n) is 3.27. The molecular formula is C9H14N2O2. The minimum atomic E-state index is -0.806. The highest BCUT2D eigenvalue weighted by atomic mass is 16.4. The fourth-order valence-electron chi connectivity index (χ4n) is 1.54. The number of aryl methyl sites for hydroxylation is 2. The molecule has 0 unspecified atom stereocenters. The van der Waals surface area contributed by atoms with Crippen molar-refractivity contribution in [3.8, 4) is 0 Å². The number of aromatic nitrogens is 2. The maximum atomic E-state index is 10.8. The van der Waals surface area contributed by atoms with Crippen LogP contribution in [0.4, 0.5) is 0 Å². The van der Waals surface area contributed by atoms with Gasteiger partial charge in [-0.1, -0.05) is 0 Å². The Morgan fingerprint density at radius 3 is 2.38 bits per heavy atom. The molecule has 4 nitrogen and oxygen atoms in total. The predicted octanol–water partition coefficient (Wildman–Crippen LogP) is 1.23. The Hall–Kier alpha value is -1.32. The highest BCUT2D eigenvalue weighted by Gasteiger charge is 2.21. The summed E-state index contributed by atoms with van der Waals surface area (Å²) >= 11 is 0. The Balaban J connectivity index is 3.20. The maximum absolute atomic E-state index is 10.8. The molecule has 1 aromatic heterocycles. The van der Waals surface area contributed by atoms with Crippen LogP contribution in [0.25, 0.3) is 0 Å². The van der Waals surface area contributed by atoms with Crippen LogP contribution in [0.5, 0.6) is 0 Å². The van der Waals surface area contributed by atoms with Gasteiger partial charge < -0.3 is 5.11 Å². The Bertz CT molecular complexity index is 342. The van der Waals surface area contributed by atoms with Crippen molar-refractivity contribution in [3.05, 3.63) is 17.0 Å². The third kappa shape index (κ3) is 1.56. The van der Waals surface area contributed by atoms with Gasteiger partial charge in [0.2, 0.25) is 0 Å². The van der Waals surface area contributed by atoms with E-state index in [4.69, 9.17) is 5.11 Å². The SMILES string of the molecule is Cc1nn(C)c(C)c1[C@H](C)C(=O)O. The van der Waals surface area contributed by atoms with E-state index in [0.717, 1.165) is 17.0 Å². The lowest BCUT2D eigenvalue weighted by Crippen LogP contribution is -2.09. The topological polar surface area (TPSA) is 55.1 Å². The lowest BCUT2D eigenvalue weighted by molar-refractivity contribution is -0.138. The van der Waals surface area contributed by atoms with E-state index in [2.05, 4.69) is 5.10 Å². The van der Waals surface area contributed by atoms with Crippen LogP contribution < -0.4 is 0 Å². The first-order valence-corrected chi connectivity index (χ1v) is 4.18. The molecule has 1 heterocycles. The molecule has 0 bridgehead atoms. The standard InChI is InChI=1S/C9H14N2O2/c1-5(9(12)13)8-6(2)10-11(4)7(8)3/h5H,1-4H3,(H,12,13)/t5-/m0/s1. The number of carboxylic acid groups (broad SMARTS) is 1. The second kappa shape index (κ2) is 3.20. The Labute approximate surface area is 77.2 Å². The van der Waals surface area contributed by atoms with Crippen molar-refractivity contribution in [2.75, 3.05) is 0 Å². The molecule has 1 atom stereocenters. The average Bonchev–Trinajstić information content (AvgIpc) is 2.26. The van der Waals surface area contributed by atoms with Gasteiger partial charge in [-0.05, 0) is 20.8 Å². The summed E-state index contributed by atoms with van der Waals surface area (Å²) < 4.78 is 1.71. The molecule has 0 aliphatic heterocycles. The largest absolute Gasteiger partial charge is 0.481 e. The van der Waals surface area contributed by atoms with Gasteiger partial charge in [-0.2, -0.15) is 5.10 Å². The summed E-state index contributed by atoms with van der Waals surface area (Å²) in [5, 5.41) is 13.0. The number of carboxylic acids is 1. The van der Waals surface area contributed by atoms with E-state index in [0.29, 0.717) is 0 Å². The molecule has 0 saturated heterocycles. The van der Waals surface area contributed by atoms with E-state index in [1.54, 1.807) is 11.6 Å². The highest BCUT2D eigenvalue weighted by molar-refractivity contribution is 5.76. The molecule has 0 radical (unpaired) electrons. The normalized spacial score (nSPS) is 12.9. The Kier molecular flexibility index (Phi) is 2.40. The molecule has 1 rings (SSSR count). The zero-order valence-electron chi connectivity index (χ0n) is 8.33.